The molecule has 15 heavy (non-hydrogen) atoms. The Morgan fingerprint density at radius 1 is 1.20 bits per heavy atom. The highest BCUT2D eigenvalue weighted by molar-refractivity contribution is 5.81. The van der Waals surface area contributed by atoms with Crippen molar-refractivity contribution in [3.8, 4) is 0 Å². The van der Waals surface area contributed by atoms with Gasteiger partial charge in [0.05, 0.1) is 6.61 Å². The topological polar surface area (TPSA) is 57.8 Å². The number of benzene rings is 1. The molecule has 0 spiro atoms. The summed E-state index contributed by atoms with van der Waals surface area (Å²) >= 11 is 0. The first-order chi connectivity index (χ1) is 6.81. The van der Waals surface area contributed by atoms with E-state index in [1.165, 1.54) is 0 Å². The van der Waals surface area contributed by atoms with Crippen LogP contribution in [0.4, 0.5) is 0 Å². The molecule has 0 radical (unpaired) electrons. The fourth-order valence-corrected chi connectivity index (χ4v) is 0.646. The molecule has 0 atom stereocenters. The van der Waals surface area contributed by atoms with Gasteiger partial charge in [0.25, 0.3) is 0 Å². The molecule has 0 aliphatic carbocycles. The lowest BCUT2D eigenvalue weighted by Crippen LogP contribution is -1.99. The molecular formula is C12H18O3. The van der Waals surface area contributed by atoms with Crippen molar-refractivity contribution in [2.24, 2.45) is 0 Å². The lowest BCUT2D eigenvalue weighted by Gasteiger charge is -1.94. The van der Waals surface area contributed by atoms with Crippen LogP contribution in [-0.2, 0) is 9.53 Å². The van der Waals surface area contributed by atoms with Crippen LogP contribution in [0.3, 0.4) is 0 Å². The summed E-state index contributed by atoms with van der Waals surface area (Å²) in [6.07, 6.45) is 2.02. The lowest BCUT2D eigenvalue weighted by atomic mass is 10.4. The Morgan fingerprint density at radius 3 is 1.87 bits per heavy atom. The van der Waals surface area contributed by atoms with Crippen molar-refractivity contribution in [1.29, 1.82) is 0 Å². The van der Waals surface area contributed by atoms with Gasteiger partial charge in [-0.1, -0.05) is 49.9 Å². The molecule has 0 saturated carbocycles. The highest BCUT2D eigenvalue weighted by Gasteiger charge is 1.89. The predicted octanol–water partition coefficient (Wildman–Crippen LogP) is 1.99. The molecule has 0 aromatic heterocycles. The molecule has 0 unspecified atom stereocenters. The van der Waals surface area contributed by atoms with E-state index in [4.69, 9.17) is 0 Å². The second kappa shape index (κ2) is 12.4. The first kappa shape index (κ1) is 15.8. The molecule has 1 aromatic carbocycles. The summed E-state index contributed by atoms with van der Waals surface area (Å²) in [5.41, 5.74) is 0. The number of hydrogen-bond donors (Lipinski definition) is 0. The molecule has 0 saturated heterocycles. The molecule has 0 fully saturated rings. The maximum Gasteiger partial charge on any atom is 0.330 e. The Bertz CT molecular complexity index is 218. The summed E-state index contributed by atoms with van der Waals surface area (Å²) in [6.45, 7) is 5.67. The summed E-state index contributed by atoms with van der Waals surface area (Å²) in [5.74, 6) is -0.341. The van der Waals surface area contributed by atoms with Gasteiger partial charge in [0.15, 0.2) is 0 Å². The van der Waals surface area contributed by atoms with E-state index in [1.807, 2.05) is 43.3 Å². The van der Waals surface area contributed by atoms with Gasteiger partial charge < -0.3 is 10.2 Å². The van der Waals surface area contributed by atoms with Gasteiger partial charge in [-0.15, -0.1) is 0 Å². The molecule has 0 heterocycles. The van der Waals surface area contributed by atoms with Crippen LogP contribution >= 0.6 is 0 Å². The molecule has 84 valence electrons. The Balaban J connectivity index is 0. The van der Waals surface area contributed by atoms with Crippen LogP contribution in [0.5, 0.6) is 0 Å². The molecule has 1 aromatic rings. The lowest BCUT2D eigenvalue weighted by molar-refractivity contribution is -0.137. The van der Waals surface area contributed by atoms with Gasteiger partial charge in [-0.05, 0) is 6.42 Å². The van der Waals surface area contributed by atoms with E-state index in [0.717, 1.165) is 12.5 Å². The van der Waals surface area contributed by atoms with Crippen LogP contribution < -0.4 is 0 Å². The quantitative estimate of drug-likeness (QED) is 0.566. The van der Waals surface area contributed by atoms with Crippen molar-refractivity contribution in [3.63, 3.8) is 0 Å². The molecule has 0 aliphatic heterocycles. The molecule has 0 bridgehead atoms. The molecule has 0 amide bonds. The summed E-state index contributed by atoms with van der Waals surface area (Å²) in [4.78, 5) is 10.2. The van der Waals surface area contributed by atoms with Crippen LogP contribution in [0.1, 0.15) is 13.3 Å². The van der Waals surface area contributed by atoms with Crippen LogP contribution in [0, 0.1) is 0 Å². The fraction of sp³-hybridized carbons (Fsp3) is 0.250. The van der Waals surface area contributed by atoms with Crippen molar-refractivity contribution < 1.29 is 15.0 Å². The molecule has 1 rings (SSSR count). The van der Waals surface area contributed by atoms with E-state index in [2.05, 4.69) is 11.3 Å². The van der Waals surface area contributed by atoms with Crippen LogP contribution in [-0.4, -0.2) is 18.1 Å². The summed E-state index contributed by atoms with van der Waals surface area (Å²) in [6, 6.07) is 12.0. The monoisotopic (exact) mass is 210 g/mol. The smallest absolute Gasteiger partial charge is 0.330 e. The van der Waals surface area contributed by atoms with Crippen LogP contribution in [0.2, 0.25) is 0 Å². The SMILES string of the molecule is C=CC(=O)OCCC.O.c1ccccc1. The number of carbonyl (C=O) groups excluding carboxylic acids is 1. The molecular weight excluding hydrogens is 192 g/mol. The first-order valence-electron chi connectivity index (χ1n) is 4.60. The van der Waals surface area contributed by atoms with E-state index in [-0.39, 0.29) is 11.4 Å². The first-order valence-corrected chi connectivity index (χ1v) is 4.60. The third kappa shape index (κ3) is 12.4. The zero-order valence-electron chi connectivity index (χ0n) is 8.98. The molecule has 0 aliphatic rings. The van der Waals surface area contributed by atoms with Crippen LogP contribution in [0.15, 0.2) is 49.1 Å². The molecule has 3 heteroatoms. The van der Waals surface area contributed by atoms with Crippen molar-refractivity contribution in [1.82, 2.24) is 0 Å². The van der Waals surface area contributed by atoms with Gasteiger partial charge in [0, 0.05) is 6.08 Å². The number of hydrogen-bond acceptors (Lipinski definition) is 2. The second-order valence-corrected chi connectivity index (χ2v) is 2.53. The van der Waals surface area contributed by atoms with Crippen molar-refractivity contribution in [2.75, 3.05) is 6.61 Å². The summed E-state index contributed by atoms with van der Waals surface area (Å²) in [5, 5.41) is 0. The Kier molecular flexibility index (Phi) is 13.1. The second-order valence-electron chi connectivity index (χ2n) is 2.53. The Hall–Kier alpha value is -1.61. The van der Waals surface area contributed by atoms with Crippen molar-refractivity contribution in [2.45, 2.75) is 13.3 Å². The third-order valence-electron chi connectivity index (χ3n) is 1.28. The zero-order valence-corrected chi connectivity index (χ0v) is 8.98. The average molecular weight is 210 g/mol. The predicted molar refractivity (Wildman–Crippen MR) is 61.5 cm³/mol. The largest absolute Gasteiger partial charge is 0.463 e. The number of ether oxygens (including phenoxy) is 1. The van der Waals surface area contributed by atoms with Crippen molar-refractivity contribution >= 4 is 5.97 Å². The van der Waals surface area contributed by atoms with E-state index in [0.29, 0.717) is 6.61 Å². The summed E-state index contributed by atoms with van der Waals surface area (Å²) < 4.78 is 4.58. The Morgan fingerprint density at radius 2 is 1.60 bits per heavy atom. The highest BCUT2D eigenvalue weighted by Crippen LogP contribution is 1.81. The fourth-order valence-electron chi connectivity index (χ4n) is 0.646. The highest BCUT2D eigenvalue weighted by atomic mass is 16.5. The minimum atomic E-state index is -0.341. The normalized spacial score (nSPS) is 7.53. The van der Waals surface area contributed by atoms with Gasteiger partial charge >= 0.3 is 5.97 Å². The van der Waals surface area contributed by atoms with Crippen molar-refractivity contribution in [3.05, 3.63) is 49.1 Å². The maximum atomic E-state index is 10.2. The third-order valence-corrected chi connectivity index (χ3v) is 1.28. The van der Waals surface area contributed by atoms with E-state index >= 15 is 0 Å². The number of carbonyl (C=O) groups is 1. The minimum absolute atomic E-state index is 0. The standard InChI is InChI=1S/C6H10O2.C6H6.H2O/c1-3-5-8-6(7)4-2;1-2-4-6-5-3-1;/h4H,2-3,5H2,1H3;1-6H;1H2. The van der Waals surface area contributed by atoms with Gasteiger partial charge in [0.1, 0.15) is 0 Å². The zero-order chi connectivity index (χ0) is 10.6. The van der Waals surface area contributed by atoms with E-state index in [1.54, 1.807) is 0 Å². The van der Waals surface area contributed by atoms with E-state index < -0.39 is 0 Å². The minimum Gasteiger partial charge on any atom is -0.463 e. The Labute approximate surface area is 90.7 Å². The van der Waals surface area contributed by atoms with Gasteiger partial charge in [-0.3, -0.25) is 0 Å². The van der Waals surface area contributed by atoms with E-state index in [9.17, 15) is 4.79 Å². The summed E-state index contributed by atoms with van der Waals surface area (Å²) in [7, 11) is 0. The number of rotatable bonds is 3. The molecule has 2 N–H and O–H groups in total. The molecule has 3 nitrogen and oxygen atoms in total. The number of esters is 1. The maximum absolute atomic E-state index is 10.2. The average Bonchev–Trinajstić information content (AvgIpc) is 2.29. The van der Waals surface area contributed by atoms with Crippen LogP contribution in [0.25, 0.3) is 0 Å². The van der Waals surface area contributed by atoms with Gasteiger partial charge in [-0.25, -0.2) is 4.79 Å². The van der Waals surface area contributed by atoms with Gasteiger partial charge in [0.2, 0.25) is 0 Å². The van der Waals surface area contributed by atoms with Gasteiger partial charge in [-0.2, -0.15) is 0 Å².